The molecule has 0 saturated carbocycles. The van der Waals surface area contributed by atoms with E-state index in [0.29, 0.717) is 22.5 Å². The molecule has 1 aromatic rings. The van der Waals surface area contributed by atoms with Crippen molar-refractivity contribution in [3.05, 3.63) is 46.5 Å². The zero-order chi connectivity index (χ0) is 10.6. The van der Waals surface area contributed by atoms with E-state index in [1.807, 2.05) is 0 Å². The lowest BCUT2D eigenvalue weighted by Crippen LogP contribution is -2.05. The molecular weight excluding hydrogens is 243 g/mol. The summed E-state index contributed by atoms with van der Waals surface area (Å²) in [6, 6.07) is 4.10. The van der Waals surface area contributed by atoms with Gasteiger partial charge in [0.05, 0.1) is 6.33 Å². The second kappa shape index (κ2) is 6.77. The van der Waals surface area contributed by atoms with E-state index in [9.17, 15) is 8.78 Å². The first-order valence-electron chi connectivity index (χ1n) is 4.09. The summed E-state index contributed by atoms with van der Waals surface area (Å²) in [6.45, 7) is 0.116. The van der Waals surface area contributed by atoms with Gasteiger partial charge in [0.1, 0.15) is 5.82 Å². The second-order valence-corrected chi connectivity index (χ2v) is 3.36. The largest absolute Gasteiger partial charge is 0.327 e. The molecule has 0 aliphatic carbocycles. The van der Waals surface area contributed by atoms with E-state index in [2.05, 4.69) is 0 Å². The van der Waals surface area contributed by atoms with Gasteiger partial charge in [0.2, 0.25) is 0 Å². The van der Waals surface area contributed by atoms with Gasteiger partial charge in [-0.25, -0.2) is 8.78 Å². The van der Waals surface area contributed by atoms with Crippen molar-refractivity contribution < 1.29 is 8.78 Å². The number of hydrogen-bond donors (Lipinski definition) is 1. The Balaban J connectivity index is 0.00000196. The summed E-state index contributed by atoms with van der Waals surface area (Å²) in [6.07, 6.45) is 0.725. The van der Waals surface area contributed by atoms with Crippen LogP contribution in [-0.4, -0.2) is 6.54 Å². The number of benzene rings is 1. The molecule has 5 heteroatoms. The van der Waals surface area contributed by atoms with Crippen LogP contribution in [0.4, 0.5) is 8.78 Å². The molecule has 1 nitrogen and oxygen atoms in total. The molecular formula is C10H11Cl2F2N. The van der Waals surface area contributed by atoms with Gasteiger partial charge < -0.3 is 5.73 Å². The highest BCUT2D eigenvalue weighted by Crippen LogP contribution is 2.16. The molecule has 0 aliphatic rings. The SMILES string of the molecule is Cl.NCC(=CF)Cc1cc(F)cc(Cl)c1. The third kappa shape index (κ3) is 4.60. The van der Waals surface area contributed by atoms with E-state index >= 15 is 0 Å². The van der Waals surface area contributed by atoms with Crippen molar-refractivity contribution in [3.63, 3.8) is 0 Å². The summed E-state index contributed by atoms with van der Waals surface area (Å²) in [7, 11) is 0. The molecule has 0 spiro atoms. The topological polar surface area (TPSA) is 26.0 Å². The minimum Gasteiger partial charge on any atom is -0.327 e. The Morgan fingerprint density at radius 2 is 2.07 bits per heavy atom. The monoisotopic (exact) mass is 253 g/mol. The fraction of sp³-hybridized carbons (Fsp3) is 0.200. The highest BCUT2D eigenvalue weighted by Gasteiger charge is 2.02. The van der Waals surface area contributed by atoms with E-state index in [-0.39, 0.29) is 25.4 Å². The Hall–Kier alpha value is -0.640. The molecule has 0 amide bonds. The predicted octanol–water partition coefficient (Wildman–Crippen LogP) is 3.26. The van der Waals surface area contributed by atoms with Gasteiger partial charge in [0.25, 0.3) is 0 Å². The van der Waals surface area contributed by atoms with Gasteiger partial charge >= 0.3 is 0 Å². The van der Waals surface area contributed by atoms with E-state index < -0.39 is 5.82 Å². The molecule has 0 bridgehead atoms. The molecule has 0 heterocycles. The molecule has 2 N–H and O–H groups in total. The van der Waals surface area contributed by atoms with Gasteiger partial charge in [-0.1, -0.05) is 11.6 Å². The number of hydrogen-bond acceptors (Lipinski definition) is 1. The molecule has 84 valence electrons. The Bertz CT molecular complexity index is 333. The smallest absolute Gasteiger partial charge is 0.124 e. The minimum atomic E-state index is -0.428. The van der Waals surface area contributed by atoms with E-state index in [1.165, 1.54) is 12.1 Å². The maximum absolute atomic E-state index is 12.9. The van der Waals surface area contributed by atoms with Crippen LogP contribution in [0, 0.1) is 5.82 Å². The van der Waals surface area contributed by atoms with Crippen LogP contribution in [0.3, 0.4) is 0 Å². The average Bonchev–Trinajstić information content (AvgIpc) is 2.12. The molecule has 0 aromatic heterocycles. The van der Waals surface area contributed by atoms with Crippen molar-refractivity contribution in [2.45, 2.75) is 6.42 Å². The molecule has 0 fully saturated rings. The highest BCUT2D eigenvalue weighted by molar-refractivity contribution is 6.30. The zero-order valence-electron chi connectivity index (χ0n) is 7.84. The van der Waals surface area contributed by atoms with Gasteiger partial charge in [-0.05, 0) is 35.8 Å². The molecule has 0 saturated heterocycles. The first-order chi connectivity index (χ1) is 6.65. The highest BCUT2D eigenvalue weighted by atomic mass is 35.5. The fourth-order valence-corrected chi connectivity index (χ4v) is 1.37. The van der Waals surface area contributed by atoms with Crippen LogP contribution in [0.2, 0.25) is 5.02 Å². The second-order valence-electron chi connectivity index (χ2n) is 2.93. The molecule has 15 heavy (non-hydrogen) atoms. The van der Waals surface area contributed by atoms with Gasteiger partial charge in [-0.2, -0.15) is 0 Å². The van der Waals surface area contributed by atoms with Gasteiger partial charge in [0.15, 0.2) is 0 Å². The fourth-order valence-electron chi connectivity index (χ4n) is 1.13. The Kier molecular flexibility index (Phi) is 6.48. The maximum Gasteiger partial charge on any atom is 0.124 e. The van der Waals surface area contributed by atoms with Crippen LogP contribution in [-0.2, 0) is 6.42 Å². The first-order valence-corrected chi connectivity index (χ1v) is 4.46. The lowest BCUT2D eigenvalue weighted by molar-refractivity contribution is 0.625. The molecule has 0 aliphatic heterocycles. The van der Waals surface area contributed by atoms with Crippen LogP contribution >= 0.6 is 24.0 Å². The summed E-state index contributed by atoms with van der Waals surface area (Å²) in [5.41, 5.74) is 6.30. The van der Waals surface area contributed by atoms with Crippen molar-refractivity contribution in [3.8, 4) is 0 Å². The number of nitrogens with two attached hydrogens (primary N) is 1. The van der Waals surface area contributed by atoms with Crippen molar-refractivity contribution in [2.24, 2.45) is 5.73 Å². The summed E-state index contributed by atoms with van der Waals surface area (Å²) in [4.78, 5) is 0. The van der Waals surface area contributed by atoms with Crippen LogP contribution < -0.4 is 5.73 Å². The predicted molar refractivity (Wildman–Crippen MR) is 60.6 cm³/mol. The lowest BCUT2D eigenvalue weighted by atomic mass is 10.1. The summed E-state index contributed by atoms with van der Waals surface area (Å²) in [5.74, 6) is -0.428. The lowest BCUT2D eigenvalue weighted by Gasteiger charge is -2.03. The van der Waals surface area contributed by atoms with Gasteiger partial charge in [-0.3, -0.25) is 0 Å². The minimum absolute atomic E-state index is 0. The quantitative estimate of drug-likeness (QED) is 0.880. The third-order valence-electron chi connectivity index (χ3n) is 1.77. The number of rotatable bonds is 3. The Morgan fingerprint density at radius 1 is 1.40 bits per heavy atom. The van der Waals surface area contributed by atoms with Gasteiger partial charge in [0, 0.05) is 11.6 Å². The molecule has 0 atom stereocenters. The zero-order valence-corrected chi connectivity index (χ0v) is 9.42. The van der Waals surface area contributed by atoms with E-state index in [4.69, 9.17) is 17.3 Å². The molecule has 1 rings (SSSR count). The van der Waals surface area contributed by atoms with Crippen LogP contribution in [0.15, 0.2) is 30.1 Å². The summed E-state index contributed by atoms with van der Waals surface area (Å²) < 4.78 is 25.0. The molecule has 0 unspecified atom stereocenters. The molecule has 1 aromatic carbocycles. The maximum atomic E-state index is 12.9. The molecule has 0 radical (unpaired) electrons. The van der Waals surface area contributed by atoms with Crippen molar-refractivity contribution in [1.29, 1.82) is 0 Å². The number of halogens is 4. The van der Waals surface area contributed by atoms with Crippen molar-refractivity contribution in [2.75, 3.05) is 6.54 Å². The Labute approximate surface area is 98.3 Å². The Morgan fingerprint density at radius 3 is 2.53 bits per heavy atom. The van der Waals surface area contributed by atoms with Crippen LogP contribution in [0.5, 0.6) is 0 Å². The average molecular weight is 254 g/mol. The normalized spacial score (nSPS) is 11.1. The van der Waals surface area contributed by atoms with E-state index in [1.54, 1.807) is 6.07 Å². The van der Waals surface area contributed by atoms with Crippen molar-refractivity contribution >= 4 is 24.0 Å². The van der Waals surface area contributed by atoms with E-state index in [0.717, 1.165) is 0 Å². The summed E-state index contributed by atoms with van der Waals surface area (Å²) >= 11 is 5.64. The van der Waals surface area contributed by atoms with Crippen molar-refractivity contribution in [1.82, 2.24) is 0 Å². The summed E-state index contributed by atoms with van der Waals surface area (Å²) in [5, 5.41) is 0.301. The van der Waals surface area contributed by atoms with Crippen LogP contribution in [0.1, 0.15) is 5.56 Å². The standard InChI is InChI=1S/C10H10ClF2N.ClH/c11-9-2-7(3-10(13)4-9)1-8(5-12)6-14;/h2-5H,1,6,14H2;1H. The van der Waals surface area contributed by atoms with Gasteiger partial charge in [-0.15, -0.1) is 12.4 Å². The van der Waals surface area contributed by atoms with Crippen LogP contribution in [0.25, 0.3) is 0 Å². The third-order valence-corrected chi connectivity index (χ3v) is 1.99. The first kappa shape index (κ1) is 14.4.